The van der Waals surface area contributed by atoms with Gasteiger partial charge in [0.25, 0.3) is 7.82 Å². The van der Waals surface area contributed by atoms with Gasteiger partial charge in [0.2, 0.25) is 0 Å². The molecule has 2 atom stereocenters. The Morgan fingerprint density at radius 3 is 0.952 bits per heavy atom. The number of hydrogen-bond donors (Lipinski definition) is 0. The van der Waals surface area contributed by atoms with Crippen molar-refractivity contribution in [1.29, 1.82) is 0 Å². The van der Waals surface area contributed by atoms with Crippen LogP contribution in [0, 0.1) is 0 Å². The van der Waals surface area contributed by atoms with E-state index in [1.54, 1.807) is 0 Å². The van der Waals surface area contributed by atoms with Crippen LogP contribution in [0.1, 0.15) is 348 Å². The number of phosphoric ester groups is 1. The van der Waals surface area contributed by atoms with Gasteiger partial charge >= 0.3 is 11.9 Å². The molecule has 0 aliphatic rings. The number of rotatable bonds is 67. The number of carbonyl (C=O) groups excluding carboxylic acids is 2. The van der Waals surface area contributed by atoms with Crippen molar-refractivity contribution in [2.75, 3.05) is 47.5 Å². The van der Waals surface area contributed by atoms with Crippen molar-refractivity contribution in [3.05, 3.63) is 60.8 Å². The highest BCUT2D eigenvalue weighted by Gasteiger charge is 2.22. The minimum absolute atomic E-state index is 0.0322. The van der Waals surface area contributed by atoms with Crippen LogP contribution in [0.5, 0.6) is 0 Å². The molecule has 0 aromatic carbocycles. The number of carbonyl (C=O) groups is 2. The molecule has 0 rings (SSSR count). The zero-order valence-corrected chi connectivity index (χ0v) is 57.0. The number of nitrogens with zero attached hydrogens (tertiary/aromatic N) is 1. The lowest BCUT2D eigenvalue weighted by atomic mass is 10.0. The Labute approximate surface area is 521 Å². The summed E-state index contributed by atoms with van der Waals surface area (Å²) >= 11 is 0. The van der Waals surface area contributed by atoms with Crippen molar-refractivity contribution in [2.24, 2.45) is 0 Å². The van der Waals surface area contributed by atoms with E-state index >= 15 is 0 Å². The predicted molar refractivity (Wildman–Crippen MR) is 360 cm³/mol. The molecule has 0 fully saturated rings. The molecule has 0 aliphatic carbocycles. The van der Waals surface area contributed by atoms with Crippen LogP contribution < -0.4 is 4.89 Å². The number of ether oxygens (including phenoxy) is 2. The molecule has 0 saturated carbocycles. The monoisotopic (exact) mass is 1200 g/mol. The fraction of sp³-hybridized carbons (Fsp3) is 0.838. The summed E-state index contributed by atoms with van der Waals surface area (Å²) in [6, 6.07) is 0. The number of unbranched alkanes of at least 4 members (excludes halogenated alkanes) is 43. The van der Waals surface area contributed by atoms with Gasteiger partial charge in [0.05, 0.1) is 27.7 Å². The Morgan fingerprint density at radius 2 is 0.643 bits per heavy atom. The first-order valence-electron chi connectivity index (χ1n) is 36.0. The Bertz CT molecular complexity index is 1600. The summed E-state index contributed by atoms with van der Waals surface area (Å²) in [7, 11) is 1.17. The van der Waals surface area contributed by atoms with E-state index in [1.807, 2.05) is 21.1 Å². The summed E-state index contributed by atoms with van der Waals surface area (Å²) in [5.41, 5.74) is 0. The summed E-state index contributed by atoms with van der Waals surface area (Å²) in [6.45, 7) is 4.26. The lowest BCUT2D eigenvalue weighted by Crippen LogP contribution is -2.37. The molecule has 0 N–H and O–H groups in total. The number of esters is 2. The Hall–Kier alpha value is -2.29. The zero-order chi connectivity index (χ0) is 61.2. The van der Waals surface area contributed by atoms with Crippen LogP contribution in [0.4, 0.5) is 0 Å². The second-order valence-electron chi connectivity index (χ2n) is 25.6. The number of allylic oxidation sites excluding steroid dienone is 10. The first-order chi connectivity index (χ1) is 41.0. The van der Waals surface area contributed by atoms with Crippen LogP contribution in [0.15, 0.2) is 60.8 Å². The van der Waals surface area contributed by atoms with Crippen LogP contribution >= 0.6 is 7.82 Å². The maximum Gasteiger partial charge on any atom is 0.306 e. The standard InChI is InChI=1S/C74H138NO8P/c1-6-8-10-12-14-16-18-20-22-24-26-28-30-31-32-33-34-35-36-37-38-39-40-41-42-43-45-46-48-50-52-54-56-58-60-62-64-66-73(76)80-70-72(71-82-84(78,79)81-69-68-75(3,4)5)83-74(77)67-65-63-61-59-57-55-53-51-49-47-44-29-27-25-23-21-19-17-15-13-11-9-7-2/h18-21,24-27,44,47,72H,6-17,22-23,28-43,45-46,48-71H2,1-5H3/b20-18-,21-19-,26-24-,27-25-,47-44-. The largest absolute Gasteiger partial charge is 0.756 e. The molecule has 492 valence electrons. The van der Waals surface area contributed by atoms with Gasteiger partial charge < -0.3 is 27.9 Å². The van der Waals surface area contributed by atoms with Gasteiger partial charge in [0, 0.05) is 12.8 Å². The molecule has 0 aromatic rings. The van der Waals surface area contributed by atoms with E-state index in [2.05, 4.69) is 74.6 Å². The van der Waals surface area contributed by atoms with Gasteiger partial charge in [-0.15, -0.1) is 0 Å². The Balaban J connectivity index is 3.96. The molecule has 2 unspecified atom stereocenters. The van der Waals surface area contributed by atoms with Crippen molar-refractivity contribution in [1.82, 2.24) is 0 Å². The van der Waals surface area contributed by atoms with Gasteiger partial charge in [0.15, 0.2) is 6.10 Å². The molecule has 0 amide bonds. The highest BCUT2D eigenvalue weighted by atomic mass is 31.2. The van der Waals surface area contributed by atoms with E-state index in [-0.39, 0.29) is 32.0 Å². The minimum Gasteiger partial charge on any atom is -0.756 e. The third-order valence-electron chi connectivity index (χ3n) is 16.0. The number of hydrogen-bond acceptors (Lipinski definition) is 8. The number of likely N-dealkylation sites (N-methyl/N-ethyl adjacent to an activating group) is 1. The lowest BCUT2D eigenvalue weighted by Gasteiger charge is -2.28. The molecule has 9 nitrogen and oxygen atoms in total. The van der Waals surface area contributed by atoms with Crippen molar-refractivity contribution in [3.63, 3.8) is 0 Å². The first-order valence-corrected chi connectivity index (χ1v) is 37.5. The van der Waals surface area contributed by atoms with Crippen molar-refractivity contribution in [3.8, 4) is 0 Å². The topological polar surface area (TPSA) is 111 Å². The van der Waals surface area contributed by atoms with E-state index < -0.39 is 26.5 Å². The normalized spacial score (nSPS) is 13.5. The van der Waals surface area contributed by atoms with Gasteiger partial charge in [-0.1, -0.05) is 312 Å². The quantitative estimate of drug-likeness (QED) is 0.0195. The summed E-state index contributed by atoms with van der Waals surface area (Å²) in [5.74, 6) is -0.827. The van der Waals surface area contributed by atoms with E-state index in [0.29, 0.717) is 17.4 Å². The second kappa shape index (κ2) is 65.2. The summed E-state index contributed by atoms with van der Waals surface area (Å²) in [4.78, 5) is 38.0. The molecule has 0 saturated heterocycles. The Kier molecular flexibility index (Phi) is 63.4. The highest BCUT2D eigenvalue weighted by molar-refractivity contribution is 7.45. The Morgan fingerprint density at radius 1 is 0.369 bits per heavy atom. The predicted octanol–water partition coefficient (Wildman–Crippen LogP) is 22.8. The van der Waals surface area contributed by atoms with Crippen LogP contribution in [0.25, 0.3) is 0 Å². The molecule has 0 heterocycles. The first kappa shape index (κ1) is 81.7. The zero-order valence-electron chi connectivity index (χ0n) is 56.1. The number of phosphoric acid groups is 1. The lowest BCUT2D eigenvalue weighted by molar-refractivity contribution is -0.870. The van der Waals surface area contributed by atoms with Gasteiger partial charge in [-0.2, -0.15) is 0 Å². The molecule has 0 spiro atoms. The van der Waals surface area contributed by atoms with Crippen LogP contribution in [-0.2, 0) is 32.7 Å². The average Bonchev–Trinajstić information content (AvgIpc) is 3.61. The summed E-state index contributed by atoms with van der Waals surface area (Å²) in [6.07, 6.45) is 86.0. The van der Waals surface area contributed by atoms with E-state index in [4.69, 9.17) is 18.5 Å². The molecule has 84 heavy (non-hydrogen) atoms. The van der Waals surface area contributed by atoms with Crippen LogP contribution in [0.3, 0.4) is 0 Å². The molecule has 10 heteroatoms. The summed E-state index contributed by atoms with van der Waals surface area (Å²) in [5, 5.41) is 0. The van der Waals surface area contributed by atoms with Crippen molar-refractivity contribution >= 4 is 19.8 Å². The van der Waals surface area contributed by atoms with Gasteiger partial charge in [-0.3, -0.25) is 14.2 Å². The van der Waals surface area contributed by atoms with Gasteiger partial charge in [0.1, 0.15) is 19.8 Å². The maximum atomic E-state index is 12.8. The molecule has 0 aliphatic heterocycles. The molecular weight excluding hydrogens is 1060 g/mol. The van der Waals surface area contributed by atoms with E-state index in [9.17, 15) is 19.0 Å². The van der Waals surface area contributed by atoms with Crippen molar-refractivity contribution < 1.29 is 42.1 Å². The van der Waals surface area contributed by atoms with Gasteiger partial charge in [-0.25, -0.2) is 0 Å². The average molecular weight is 1200 g/mol. The van der Waals surface area contributed by atoms with Crippen LogP contribution in [0.2, 0.25) is 0 Å². The molecule has 0 bridgehead atoms. The molecule has 0 aromatic heterocycles. The third-order valence-corrected chi connectivity index (χ3v) is 17.0. The van der Waals surface area contributed by atoms with Gasteiger partial charge in [-0.05, 0) is 83.5 Å². The molecule has 0 radical (unpaired) electrons. The van der Waals surface area contributed by atoms with E-state index in [1.165, 1.54) is 250 Å². The second-order valence-corrected chi connectivity index (χ2v) is 27.0. The van der Waals surface area contributed by atoms with Crippen LogP contribution in [-0.4, -0.2) is 70.0 Å². The fourth-order valence-corrected chi connectivity index (χ4v) is 11.2. The SMILES string of the molecule is CCCCCCC/C=C\C/C=C\C/C=C\CCCCCCCCCCC(=O)OC(COC(=O)CCCCCCCCCCCCCCCCCCCCCCCCCCC/C=C\C/C=C\CCCCCCC)COP(=O)([O-])OCC[N+](C)(C)C. The minimum atomic E-state index is -4.64. The molecular formula is C74H138NO8P. The smallest absolute Gasteiger partial charge is 0.306 e. The summed E-state index contributed by atoms with van der Waals surface area (Å²) < 4.78 is 34.3. The fourth-order valence-electron chi connectivity index (χ4n) is 10.5. The van der Waals surface area contributed by atoms with E-state index in [0.717, 1.165) is 64.2 Å². The van der Waals surface area contributed by atoms with Crippen molar-refractivity contribution in [2.45, 2.75) is 354 Å². The third kappa shape index (κ3) is 68.8. The maximum absolute atomic E-state index is 12.8. The number of quaternary nitrogens is 1. The highest BCUT2D eigenvalue weighted by Crippen LogP contribution is 2.38.